The van der Waals surface area contributed by atoms with Crippen LogP contribution in [0.1, 0.15) is 55.3 Å². The summed E-state index contributed by atoms with van der Waals surface area (Å²) < 4.78 is 28.6. The molecule has 2 fully saturated rings. The summed E-state index contributed by atoms with van der Waals surface area (Å²) >= 11 is 0. The number of anilines is 1. The third-order valence-electron chi connectivity index (χ3n) is 5.92. The molecule has 8 heteroatoms. The van der Waals surface area contributed by atoms with Crippen LogP contribution in [0.25, 0.3) is 0 Å². The zero-order chi connectivity index (χ0) is 21.6. The second-order valence-electron chi connectivity index (χ2n) is 8.61. The minimum atomic E-state index is -3.63. The fourth-order valence-electron chi connectivity index (χ4n) is 4.20. The molecule has 0 saturated carbocycles. The van der Waals surface area contributed by atoms with Gasteiger partial charge in [-0.25, -0.2) is 8.42 Å². The van der Waals surface area contributed by atoms with Crippen molar-refractivity contribution in [3.63, 3.8) is 0 Å². The van der Waals surface area contributed by atoms with Crippen LogP contribution in [0.3, 0.4) is 0 Å². The minimum absolute atomic E-state index is 0.214. The standard InChI is InChI=1S/C22H36N4O3S/c1-24(2)13-9-12-23-22(27)19-10-11-20(25-14-5-3-6-15-25)21(18-19)30(28,29)26-16-7-4-8-17-26/h10-11,18H,3-9,12-17H2,1-2H3,(H,23,27). The number of rotatable bonds is 8. The molecule has 1 amide bonds. The van der Waals surface area contributed by atoms with Gasteiger partial charge in [0.05, 0.1) is 5.69 Å². The van der Waals surface area contributed by atoms with E-state index in [1.165, 1.54) is 6.42 Å². The largest absolute Gasteiger partial charge is 0.370 e. The van der Waals surface area contributed by atoms with Gasteiger partial charge in [0.1, 0.15) is 4.90 Å². The number of nitrogens with one attached hydrogen (secondary N) is 1. The summed E-state index contributed by atoms with van der Waals surface area (Å²) in [6.45, 7) is 4.30. The summed E-state index contributed by atoms with van der Waals surface area (Å²) in [5, 5.41) is 2.92. The summed E-state index contributed by atoms with van der Waals surface area (Å²) in [4.78, 5) is 17.2. The van der Waals surface area contributed by atoms with Gasteiger partial charge in [0.15, 0.2) is 0 Å². The predicted octanol–water partition coefficient (Wildman–Crippen LogP) is 2.53. The van der Waals surface area contributed by atoms with Crippen molar-refractivity contribution >= 4 is 21.6 Å². The van der Waals surface area contributed by atoms with E-state index in [0.29, 0.717) is 25.2 Å². The van der Waals surface area contributed by atoms with Crippen LogP contribution in [0.4, 0.5) is 5.69 Å². The smallest absolute Gasteiger partial charge is 0.251 e. The van der Waals surface area contributed by atoms with Crippen LogP contribution >= 0.6 is 0 Å². The van der Waals surface area contributed by atoms with Crippen molar-refractivity contribution in [2.75, 3.05) is 58.3 Å². The lowest BCUT2D eigenvalue weighted by Crippen LogP contribution is -2.38. The Morgan fingerprint density at radius 1 is 1.00 bits per heavy atom. The SMILES string of the molecule is CN(C)CCCNC(=O)c1ccc(N2CCCCC2)c(S(=O)(=O)N2CCCCC2)c1. The summed E-state index contributed by atoms with van der Waals surface area (Å²) in [6, 6.07) is 5.19. The van der Waals surface area contributed by atoms with Crippen molar-refractivity contribution in [3.05, 3.63) is 23.8 Å². The number of hydrogen-bond acceptors (Lipinski definition) is 5. The Kier molecular flexibility index (Phi) is 8.13. The van der Waals surface area contributed by atoms with E-state index in [1.54, 1.807) is 16.4 Å². The number of carbonyl (C=O) groups excluding carboxylic acids is 1. The van der Waals surface area contributed by atoms with Crippen LogP contribution in [-0.4, -0.2) is 76.9 Å². The molecule has 3 rings (SSSR count). The van der Waals surface area contributed by atoms with E-state index in [4.69, 9.17) is 0 Å². The van der Waals surface area contributed by atoms with E-state index < -0.39 is 10.0 Å². The average molecular weight is 437 g/mol. The number of nitrogens with zero attached hydrogens (tertiary/aromatic N) is 3. The second-order valence-corrected chi connectivity index (χ2v) is 10.5. The molecule has 0 unspecified atom stereocenters. The first-order valence-electron chi connectivity index (χ1n) is 11.2. The van der Waals surface area contributed by atoms with Crippen molar-refractivity contribution in [1.29, 1.82) is 0 Å². The summed E-state index contributed by atoms with van der Waals surface area (Å²) in [6.07, 6.45) is 7.02. The minimum Gasteiger partial charge on any atom is -0.370 e. The first-order valence-corrected chi connectivity index (χ1v) is 12.7. The van der Waals surface area contributed by atoms with Crippen LogP contribution in [0.15, 0.2) is 23.1 Å². The Morgan fingerprint density at radius 2 is 1.63 bits per heavy atom. The van der Waals surface area contributed by atoms with Crippen LogP contribution in [0.2, 0.25) is 0 Å². The fourth-order valence-corrected chi connectivity index (χ4v) is 5.96. The molecule has 0 atom stereocenters. The molecule has 2 saturated heterocycles. The van der Waals surface area contributed by atoms with Crippen molar-refractivity contribution < 1.29 is 13.2 Å². The summed E-state index contributed by atoms with van der Waals surface area (Å²) in [5.41, 5.74) is 1.15. The molecule has 1 aromatic carbocycles. The summed E-state index contributed by atoms with van der Waals surface area (Å²) in [7, 11) is 0.368. The average Bonchev–Trinajstić information content (AvgIpc) is 2.77. The lowest BCUT2D eigenvalue weighted by molar-refractivity contribution is 0.0952. The molecule has 1 N–H and O–H groups in total. The maximum absolute atomic E-state index is 13.5. The zero-order valence-corrected chi connectivity index (χ0v) is 19.2. The lowest BCUT2D eigenvalue weighted by atomic mass is 10.1. The number of benzene rings is 1. The molecule has 0 spiro atoms. The molecular formula is C22H36N4O3S. The van der Waals surface area contributed by atoms with Crippen molar-refractivity contribution in [3.8, 4) is 0 Å². The van der Waals surface area contributed by atoms with Gasteiger partial charge in [-0.05, 0) is 77.4 Å². The second kappa shape index (κ2) is 10.6. The Balaban J connectivity index is 1.86. The molecule has 2 aliphatic rings. The van der Waals surface area contributed by atoms with Crippen LogP contribution in [0.5, 0.6) is 0 Å². The lowest BCUT2D eigenvalue weighted by Gasteiger charge is -2.33. The number of sulfonamides is 1. The first-order chi connectivity index (χ1) is 14.4. The molecule has 0 radical (unpaired) electrons. The number of hydrogen-bond donors (Lipinski definition) is 1. The van der Waals surface area contributed by atoms with Gasteiger partial charge >= 0.3 is 0 Å². The van der Waals surface area contributed by atoms with Gasteiger partial charge in [-0.2, -0.15) is 4.31 Å². The molecular weight excluding hydrogens is 400 g/mol. The molecule has 30 heavy (non-hydrogen) atoms. The molecule has 168 valence electrons. The Bertz CT molecular complexity index is 814. The molecule has 2 aliphatic heterocycles. The molecule has 1 aromatic rings. The van der Waals surface area contributed by atoms with Crippen LogP contribution in [-0.2, 0) is 10.0 Å². The van der Waals surface area contributed by atoms with Gasteiger partial charge in [-0.15, -0.1) is 0 Å². The number of carbonyl (C=O) groups is 1. The van der Waals surface area contributed by atoms with E-state index in [9.17, 15) is 13.2 Å². The highest BCUT2D eigenvalue weighted by atomic mass is 32.2. The highest BCUT2D eigenvalue weighted by molar-refractivity contribution is 7.89. The fraction of sp³-hybridized carbons (Fsp3) is 0.682. The third kappa shape index (κ3) is 5.74. The van der Waals surface area contributed by atoms with E-state index in [0.717, 1.165) is 63.8 Å². The third-order valence-corrected chi connectivity index (χ3v) is 7.85. The van der Waals surface area contributed by atoms with Gasteiger partial charge in [0.25, 0.3) is 5.91 Å². The Hall–Kier alpha value is -1.64. The van der Waals surface area contributed by atoms with E-state index in [1.807, 2.05) is 20.2 Å². The van der Waals surface area contributed by atoms with Crippen LogP contribution in [0, 0.1) is 0 Å². The number of piperidine rings is 2. The number of amides is 1. The maximum atomic E-state index is 13.5. The topological polar surface area (TPSA) is 73.0 Å². The predicted molar refractivity (Wildman–Crippen MR) is 121 cm³/mol. The normalized spacial score (nSPS) is 18.6. The monoisotopic (exact) mass is 436 g/mol. The molecule has 0 aliphatic carbocycles. The van der Waals surface area contributed by atoms with Gasteiger partial charge in [0, 0.05) is 38.3 Å². The van der Waals surface area contributed by atoms with Gasteiger partial charge in [0.2, 0.25) is 10.0 Å². The van der Waals surface area contributed by atoms with Crippen molar-refractivity contribution in [2.24, 2.45) is 0 Å². The quantitative estimate of drug-likeness (QED) is 0.634. The highest BCUT2D eigenvalue weighted by Gasteiger charge is 2.31. The maximum Gasteiger partial charge on any atom is 0.251 e. The first kappa shape index (κ1) is 23.0. The molecule has 7 nitrogen and oxygen atoms in total. The van der Waals surface area contributed by atoms with Crippen molar-refractivity contribution in [1.82, 2.24) is 14.5 Å². The van der Waals surface area contributed by atoms with Gasteiger partial charge in [-0.1, -0.05) is 6.42 Å². The molecule has 2 heterocycles. The van der Waals surface area contributed by atoms with Crippen LogP contribution < -0.4 is 10.2 Å². The van der Waals surface area contributed by atoms with E-state index in [-0.39, 0.29) is 10.8 Å². The zero-order valence-electron chi connectivity index (χ0n) is 18.4. The Labute approximate surface area is 181 Å². The van der Waals surface area contributed by atoms with E-state index in [2.05, 4.69) is 15.1 Å². The van der Waals surface area contributed by atoms with Crippen molar-refractivity contribution in [2.45, 2.75) is 49.8 Å². The van der Waals surface area contributed by atoms with E-state index >= 15 is 0 Å². The summed E-state index contributed by atoms with van der Waals surface area (Å²) in [5.74, 6) is -0.214. The van der Waals surface area contributed by atoms with Gasteiger partial charge in [-0.3, -0.25) is 4.79 Å². The molecule has 0 aromatic heterocycles. The highest BCUT2D eigenvalue weighted by Crippen LogP contribution is 2.32. The Morgan fingerprint density at radius 3 is 2.27 bits per heavy atom. The van der Waals surface area contributed by atoms with Gasteiger partial charge < -0.3 is 15.1 Å². The molecule has 0 bridgehead atoms.